The SMILES string of the molecule is C=CC(=O)N1CCN2C(=O)c3c(N4CC(N5CCN(C(F)(F)F)CC5)CC4(C)C)nc(-c4ccccc4F)c(Cl)c3OCC2C1. The minimum absolute atomic E-state index is 0.00268. The van der Waals surface area contributed by atoms with E-state index in [1.807, 2.05) is 18.7 Å². The van der Waals surface area contributed by atoms with Crippen LogP contribution in [0.25, 0.3) is 11.3 Å². The van der Waals surface area contributed by atoms with Crippen LogP contribution in [0, 0.1) is 5.82 Å². The zero-order chi connectivity index (χ0) is 32.3. The molecule has 0 radical (unpaired) electrons. The van der Waals surface area contributed by atoms with Crippen LogP contribution >= 0.6 is 11.6 Å². The van der Waals surface area contributed by atoms with Gasteiger partial charge in [-0.25, -0.2) is 14.3 Å². The van der Waals surface area contributed by atoms with Crippen LogP contribution in [0.1, 0.15) is 30.6 Å². The number of ether oxygens (including phenoxy) is 1. The molecule has 242 valence electrons. The third kappa shape index (κ3) is 5.74. The van der Waals surface area contributed by atoms with E-state index in [0.29, 0.717) is 24.4 Å². The minimum Gasteiger partial charge on any atom is -0.489 e. The van der Waals surface area contributed by atoms with Crippen molar-refractivity contribution in [2.75, 3.05) is 63.9 Å². The quantitative estimate of drug-likeness (QED) is 0.278. The van der Waals surface area contributed by atoms with Gasteiger partial charge in [-0.15, -0.1) is 0 Å². The van der Waals surface area contributed by atoms with Gasteiger partial charge in [0.1, 0.15) is 28.8 Å². The summed E-state index contributed by atoms with van der Waals surface area (Å²) in [6.45, 7) is 9.05. The monoisotopic (exact) mass is 650 g/mol. The van der Waals surface area contributed by atoms with Gasteiger partial charge >= 0.3 is 6.30 Å². The van der Waals surface area contributed by atoms with Crippen molar-refractivity contribution >= 4 is 29.2 Å². The van der Waals surface area contributed by atoms with E-state index in [9.17, 15) is 22.8 Å². The number of nitrogens with zero attached hydrogens (tertiary/aromatic N) is 6. The second-order valence-electron chi connectivity index (χ2n) is 12.5. The van der Waals surface area contributed by atoms with Gasteiger partial charge in [-0.2, -0.15) is 13.2 Å². The molecule has 45 heavy (non-hydrogen) atoms. The standard InChI is InChI=1S/C31H35ClF4N6O3/c1-4-23(43)39-11-14-41-20(16-39)18-45-27-24(29(41)44)28(37-26(25(27)32)21-7-5-6-8-22(21)33)42-17-19(15-30(42,2)3)38-9-12-40(13-10-38)31(34,35)36/h4-8,19-20H,1,9-18H2,2-3H3. The van der Waals surface area contributed by atoms with Gasteiger partial charge in [-0.05, 0) is 38.5 Å². The molecule has 1 aromatic carbocycles. The molecule has 1 aromatic heterocycles. The third-order valence-electron chi connectivity index (χ3n) is 9.37. The molecule has 2 amide bonds. The number of alkyl halides is 3. The lowest BCUT2D eigenvalue weighted by Gasteiger charge is -2.40. The molecule has 0 N–H and O–H groups in total. The predicted molar refractivity (Wildman–Crippen MR) is 161 cm³/mol. The summed E-state index contributed by atoms with van der Waals surface area (Å²) in [5, 5.41) is 0.00268. The number of carbonyl (C=O) groups excluding carboxylic acids is 2. The summed E-state index contributed by atoms with van der Waals surface area (Å²) in [4.78, 5) is 39.5. The number of hydrogen-bond acceptors (Lipinski definition) is 7. The third-order valence-corrected chi connectivity index (χ3v) is 9.72. The molecule has 0 spiro atoms. The molecule has 3 saturated heterocycles. The van der Waals surface area contributed by atoms with Gasteiger partial charge in [0, 0.05) is 69.5 Å². The summed E-state index contributed by atoms with van der Waals surface area (Å²) in [6, 6.07) is 5.50. The number of rotatable bonds is 4. The fraction of sp³-hybridized carbons (Fsp3) is 0.516. The van der Waals surface area contributed by atoms with Crippen molar-refractivity contribution in [3.8, 4) is 17.0 Å². The van der Waals surface area contributed by atoms with E-state index in [-0.39, 0.29) is 97.1 Å². The Balaban J connectivity index is 1.40. The van der Waals surface area contributed by atoms with Gasteiger partial charge < -0.3 is 19.4 Å². The maximum absolute atomic E-state index is 15.2. The molecule has 0 aliphatic carbocycles. The van der Waals surface area contributed by atoms with Crippen LogP contribution in [-0.2, 0) is 4.79 Å². The molecule has 6 rings (SSSR count). The Hall–Kier alpha value is -3.42. The summed E-state index contributed by atoms with van der Waals surface area (Å²) >= 11 is 6.89. The van der Waals surface area contributed by atoms with Crippen molar-refractivity contribution in [3.05, 3.63) is 53.3 Å². The number of anilines is 1. The molecule has 2 atom stereocenters. The first-order chi connectivity index (χ1) is 21.3. The number of fused-ring (bicyclic) bond motifs is 2. The fourth-order valence-corrected chi connectivity index (χ4v) is 7.26. The summed E-state index contributed by atoms with van der Waals surface area (Å²) in [5.41, 5.74) is -0.155. The highest BCUT2D eigenvalue weighted by atomic mass is 35.5. The van der Waals surface area contributed by atoms with Crippen molar-refractivity contribution in [1.82, 2.24) is 24.6 Å². The number of pyridine rings is 1. The number of carbonyl (C=O) groups is 2. The number of aromatic nitrogens is 1. The van der Waals surface area contributed by atoms with E-state index in [1.165, 1.54) is 12.1 Å². The molecule has 4 aliphatic heterocycles. The van der Waals surface area contributed by atoms with Gasteiger partial charge in [-0.1, -0.05) is 30.3 Å². The Bertz CT molecular complexity index is 1510. The first-order valence-corrected chi connectivity index (χ1v) is 15.3. The topological polar surface area (TPSA) is 72.5 Å². The van der Waals surface area contributed by atoms with Gasteiger partial charge in [-0.3, -0.25) is 14.5 Å². The zero-order valence-corrected chi connectivity index (χ0v) is 25.9. The van der Waals surface area contributed by atoms with Crippen LogP contribution in [0.4, 0.5) is 23.4 Å². The van der Waals surface area contributed by atoms with Crippen LogP contribution < -0.4 is 9.64 Å². The Kier molecular flexibility index (Phi) is 8.23. The average Bonchev–Trinajstić information content (AvgIpc) is 3.25. The summed E-state index contributed by atoms with van der Waals surface area (Å²) in [7, 11) is 0. The maximum Gasteiger partial charge on any atom is 0.460 e. The van der Waals surface area contributed by atoms with Gasteiger partial charge in [0.2, 0.25) is 5.91 Å². The molecule has 5 heterocycles. The van der Waals surface area contributed by atoms with E-state index < -0.39 is 23.7 Å². The van der Waals surface area contributed by atoms with E-state index in [2.05, 4.69) is 11.5 Å². The normalized spacial score (nSPS) is 24.2. The first kappa shape index (κ1) is 31.6. The van der Waals surface area contributed by atoms with Crippen LogP contribution in [0.5, 0.6) is 5.75 Å². The molecule has 4 aliphatic rings. The lowest BCUT2D eigenvalue weighted by molar-refractivity contribution is -0.253. The minimum atomic E-state index is -4.37. The predicted octanol–water partition coefficient (Wildman–Crippen LogP) is 4.27. The van der Waals surface area contributed by atoms with Gasteiger partial charge in [0.15, 0.2) is 5.75 Å². The summed E-state index contributed by atoms with van der Waals surface area (Å²) in [6.07, 6.45) is -2.53. The second-order valence-corrected chi connectivity index (χ2v) is 12.9. The summed E-state index contributed by atoms with van der Waals surface area (Å²) in [5.74, 6) is -0.772. The Morgan fingerprint density at radius 1 is 1.09 bits per heavy atom. The molecule has 14 heteroatoms. The molecule has 2 unspecified atom stereocenters. The molecule has 0 bridgehead atoms. The largest absolute Gasteiger partial charge is 0.489 e. The van der Waals surface area contributed by atoms with E-state index in [0.717, 1.165) is 0 Å². The smallest absolute Gasteiger partial charge is 0.460 e. The van der Waals surface area contributed by atoms with Crippen LogP contribution in [0.2, 0.25) is 5.02 Å². The van der Waals surface area contributed by atoms with Gasteiger partial charge in [0.05, 0.1) is 11.7 Å². The van der Waals surface area contributed by atoms with Crippen molar-refractivity contribution < 1.29 is 31.9 Å². The van der Waals surface area contributed by atoms with Gasteiger partial charge in [0.25, 0.3) is 5.91 Å². The average molecular weight is 651 g/mol. The zero-order valence-electron chi connectivity index (χ0n) is 25.1. The van der Waals surface area contributed by atoms with Crippen LogP contribution in [0.15, 0.2) is 36.9 Å². The summed E-state index contributed by atoms with van der Waals surface area (Å²) < 4.78 is 61.3. The maximum atomic E-state index is 15.2. The number of hydrogen-bond donors (Lipinski definition) is 0. The van der Waals surface area contributed by atoms with E-state index in [1.54, 1.807) is 28.0 Å². The lowest BCUT2D eigenvalue weighted by Crippen LogP contribution is -2.57. The molecule has 9 nitrogen and oxygen atoms in total. The number of amides is 2. The Labute approximate surface area is 263 Å². The first-order valence-electron chi connectivity index (χ1n) is 15.0. The van der Waals surface area contributed by atoms with Crippen LogP contribution in [0.3, 0.4) is 0 Å². The highest BCUT2D eigenvalue weighted by Gasteiger charge is 2.48. The number of benzene rings is 1. The van der Waals surface area contributed by atoms with E-state index in [4.69, 9.17) is 21.3 Å². The Morgan fingerprint density at radius 3 is 2.47 bits per heavy atom. The highest BCUT2D eigenvalue weighted by Crippen LogP contribution is 2.47. The van der Waals surface area contributed by atoms with E-state index >= 15 is 4.39 Å². The van der Waals surface area contributed by atoms with Crippen LogP contribution in [-0.4, -0.2) is 119 Å². The molecular weight excluding hydrogens is 616 g/mol. The lowest BCUT2D eigenvalue weighted by atomic mass is 9.98. The molecule has 3 fully saturated rings. The molecule has 0 saturated carbocycles. The Morgan fingerprint density at radius 2 is 1.80 bits per heavy atom. The highest BCUT2D eigenvalue weighted by molar-refractivity contribution is 6.35. The van der Waals surface area contributed by atoms with Crippen molar-refractivity contribution in [2.24, 2.45) is 0 Å². The molecular formula is C31H35ClF4N6O3. The van der Waals surface area contributed by atoms with Crippen molar-refractivity contribution in [3.63, 3.8) is 0 Å². The number of piperazine rings is 2. The second kappa shape index (κ2) is 11.7. The number of halogens is 5. The van der Waals surface area contributed by atoms with Crippen molar-refractivity contribution in [2.45, 2.75) is 44.2 Å². The fourth-order valence-electron chi connectivity index (χ4n) is 6.97. The molecule has 2 aromatic rings. The van der Waals surface area contributed by atoms with Crippen molar-refractivity contribution in [1.29, 1.82) is 0 Å².